The minimum Gasteiger partial charge on any atom is -0.448 e. The number of aromatic nitrogens is 2. The molecule has 0 saturated carbocycles. The molecule has 0 unspecified atom stereocenters. The van der Waals surface area contributed by atoms with E-state index in [-0.39, 0.29) is 6.61 Å². The summed E-state index contributed by atoms with van der Waals surface area (Å²) >= 11 is 0. The van der Waals surface area contributed by atoms with E-state index in [1.54, 1.807) is 22.9 Å². The summed E-state index contributed by atoms with van der Waals surface area (Å²) in [7, 11) is 1.97. The Balaban J connectivity index is 1.80. The normalized spacial score (nSPS) is 11.8. The van der Waals surface area contributed by atoms with Crippen molar-refractivity contribution in [2.45, 2.75) is 33.7 Å². The van der Waals surface area contributed by atoms with E-state index >= 15 is 0 Å². The summed E-state index contributed by atoms with van der Waals surface area (Å²) in [5.74, 6) is 3.49. The van der Waals surface area contributed by atoms with Crippen LogP contribution in [0.25, 0.3) is 5.52 Å². The molecule has 0 aliphatic heterocycles. The number of carbonyl (C=O) groups is 1. The number of hydrogen-bond donors (Lipinski definition) is 2. The molecule has 0 aliphatic carbocycles. The number of ether oxygens (including phenoxy) is 2. The van der Waals surface area contributed by atoms with Crippen LogP contribution >= 0.6 is 0 Å². The van der Waals surface area contributed by atoms with E-state index in [1.807, 2.05) is 51.2 Å². The second-order valence-corrected chi connectivity index (χ2v) is 8.91. The largest absolute Gasteiger partial charge is 0.448 e. The number of nitrogens with zero attached hydrogens (tertiary/aromatic N) is 4. The van der Waals surface area contributed by atoms with Crippen molar-refractivity contribution in [1.82, 2.24) is 14.5 Å². The van der Waals surface area contributed by atoms with Crippen LogP contribution < -0.4 is 15.4 Å². The number of para-hydroxylation sites is 1. The van der Waals surface area contributed by atoms with Crippen molar-refractivity contribution in [1.29, 1.82) is 5.26 Å². The molecule has 2 aromatic heterocycles. The number of nitriles is 1. The summed E-state index contributed by atoms with van der Waals surface area (Å²) in [5.41, 5.74) is 3.52. The standard InChI is InChI=1S/C29H32N6O3/c1-7-24(38-25-11-9-8-10-12-25)14-13-21(4)32-27-23(17-30)18-31-35-19-26(22(5)28(27)35)33-29(36)37-16-15-34(6)20(2)3/h1,8-14,18-20,32H,15-16H2,2-6H3,(H,33,36)/b21-13+,24-14+. The molecule has 0 radical (unpaired) electrons. The zero-order valence-corrected chi connectivity index (χ0v) is 22.3. The van der Waals surface area contributed by atoms with Gasteiger partial charge in [0.2, 0.25) is 0 Å². The quantitative estimate of drug-likeness (QED) is 0.215. The topological polar surface area (TPSA) is 104 Å². The first-order chi connectivity index (χ1) is 18.2. The molecule has 2 heterocycles. The molecule has 1 amide bonds. The number of terminal acetylenes is 1. The van der Waals surface area contributed by atoms with Crippen LogP contribution in [0.15, 0.2) is 66.3 Å². The highest BCUT2D eigenvalue weighted by Gasteiger charge is 2.17. The SMILES string of the molecule is C#C/C(=C\C=C(/C)Nc1c(C#N)cnn2cc(NC(=O)OCCN(C)C(C)C)c(C)c12)Oc1ccccc1. The molecular weight excluding hydrogens is 480 g/mol. The summed E-state index contributed by atoms with van der Waals surface area (Å²) in [4.78, 5) is 14.5. The fourth-order valence-electron chi connectivity index (χ4n) is 3.48. The van der Waals surface area contributed by atoms with E-state index in [9.17, 15) is 10.1 Å². The molecular formula is C29H32N6O3. The van der Waals surface area contributed by atoms with Crippen LogP contribution in [0.2, 0.25) is 0 Å². The molecule has 0 aliphatic rings. The van der Waals surface area contributed by atoms with Gasteiger partial charge in [-0.1, -0.05) is 18.2 Å². The van der Waals surface area contributed by atoms with Crippen molar-refractivity contribution in [3.8, 4) is 24.2 Å². The lowest BCUT2D eigenvalue weighted by atomic mass is 10.1. The number of amides is 1. The summed E-state index contributed by atoms with van der Waals surface area (Å²) in [6.07, 6.45) is 11.6. The number of aryl methyl sites for hydroxylation is 1. The number of fused-ring (bicyclic) bond motifs is 1. The van der Waals surface area contributed by atoms with Gasteiger partial charge < -0.3 is 19.7 Å². The predicted molar refractivity (Wildman–Crippen MR) is 149 cm³/mol. The van der Waals surface area contributed by atoms with Crippen molar-refractivity contribution in [2.75, 3.05) is 30.8 Å². The molecule has 0 spiro atoms. The van der Waals surface area contributed by atoms with Crippen LogP contribution in [0.1, 0.15) is 31.9 Å². The Hall–Kier alpha value is -4.73. The van der Waals surface area contributed by atoms with Gasteiger partial charge in [-0.2, -0.15) is 10.4 Å². The van der Waals surface area contributed by atoms with Crippen LogP contribution in [0, 0.1) is 30.6 Å². The van der Waals surface area contributed by atoms with Crippen molar-refractivity contribution >= 4 is 23.0 Å². The monoisotopic (exact) mass is 512 g/mol. The average Bonchev–Trinajstić information content (AvgIpc) is 3.22. The Morgan fingerprint density at radius 1 is 1.26 bits per heavy atom. The third-order valence-corrected chi connectivity index (χ3v) is 5.89. The number of nitrogens with one attached hydrogen (secondary N) is 2. The number of likely N-dealkylation sites (N-methyl/N-ethyl adjacent to an activating group) is 1. The Morgan fingerprint density at radius 3 is 2.66 bits per heavy atom. The Kier molecular flexibility index (Phi) is 9.53. The highest BCUT2D eigenvalue weighted by atomic mass is 16.5. The molecule has 38 heavy (non-hydrogen) atoms. The number of hydrogen-bond acceptors (Lipinski definition) is 7. The summed E-state index contributed by atoms with van der Waals surface area (Å²) in [6.45, 7) is 8.72. The van der Waals surface area contributed by atoms with Gasteiger partial charge in [-0.3, -0.25) is 5.32 Å². The first kappa shape index (κ1) is 27.9. The van der Waals surface area contributed by atoms with Gasteiger partial charge in [0.1, 0.15) is 18.4 Å². The maximum Gasteiger partial charge on any atom is 0.411 e. The van der Waals surface area contributed by atoms with Crippen LogP contribution in [0.5, 0.6) is 5.75 Å². The lowest BCUT2D eigenvalue weighted by molar-refractivity contribution is 0.139. The van der Waals surface area contributed by atoms with Crippen molar-refractivity contribution in [3.63, 3.8) is 0 Å². The van der Waals surface area contributed by atoms with Gasteiger partial charge in [0, 0.05) is 23.8 Å². The highest BCUT2D eigenvalue weighted by molar-refractivity contribution is 5.92. The van der Waals surface area contributed by atoms with Crippen molar-refractivity contribution < 1.29 is 14.3 Å². The van der Waals surface area contributed by atoms with Gasteiger partial charge in [0.05, 0.1) is 34.8 Å². The highest BCUT2D eigenvalue weighted by Crippen LogP contribution is 2.31. The minimum absolute atomic E-state index is 0.266. The number of benzene rings is 1. The fraction of sp³-hybridized carbons (Fsp3) is 0.276. The lowest BCUT2D eigenvalue weighted by Gasteiger charge is -2.20. The fourth-order valence-corrected chi connectivity index (χ4v) is 3.48. The average molecular weight is 513 g/mol. The summed E-state index contributed by atoms with van der Waals surface area (Å²) in [6, 6.07) is 11.8. The third-order valence-electron chi connectivity index (χ3n) is 5.89. The molecule has 0 bridgehead atoms. The summed E-state index contributed by atoms with van der Waals surface area (Å²) < 4.78 is 12.7. The van der Waals surface area contributed by atoms with E-state index in [4.69, 9.17) is 15.9 Å². The number of anilines is 2. The number of rotatable bonds is 10. The van der Waals surface area contributed by atoms with Gasteiger partial charge in [-0.05, 0) is 64.9 Å². The first-order valence-corrected chi connectivity index (χ1v) is 12.1. The van der Waals surface area contributed by atoms with Gasteiger partial charge in [0.15, 0.2) is 5.76 Å². The van der Waals surface area contributed by atoms with E-state index in [0.29, 0.717) is 52.2 Å². The van der Waals surface area contributed by atoms with Gasteiger partial charge in [-0.15, -0.1) is 6.42 Å². The van der Waals surface area contributed by atoms with E-state index in [1.165, 1.54) is 6.20 Å². The molecule has 1 aromatic carbocycles. The molecule has 3 rings (SSSR count). The van der Waals surface area contributed by atoms with E-state index < -0.39 is 6.09 Å². The zero-order chi connectivity index (χ0) is 27.7. The van der Waals surface area contributed by atoms with Crippen molar-refractivity contribution in [2.24, 2.45) is 0 Å². The molecule has 196 valence electrons. The van der Waals surface area contributed by atoms with Gasteiger partial charge in [-0.25, -0.2) is 9.31 Å². The maximum atomic E-state index is 12.4. The number of allylic oxidation sites excluding steroid dienone is 4. The summed E-state index contributed by atoms with van der Waals surface area (Å²) in [5, 5.41) is 20.1. The second-order valence-electron chi connectivity index (χ2n) is 8.91. The molecule has 0 saturated heterocycles. The predicted octanol–water partition coefficient (Wildman–Crippen LogP) is 5.31. The molecule has 9 nitrogen and oxygen atoms in total. The Morgan fingerprint density at radius 2 is 2.00 bits per heavy atom. The lowest BCUT2D eigenvalue weighted by Crippen LogP contribution is -2.31. The van der Waals surface area contributed by atoms with Gasteiger partial charge in [0.25, 0.3) is 0 Å². The molecule has 9 heteroatoms. The molecule has 0 fully saturated rings. The third kappa shape index (κ3) is 7.16. The van der Waals surface area contributed by atoms with Crippen LogP contribution in [-0.2, 0) is 4.74 Å². The maximum absolute atomic E-state index is 12.4. The van der Waals surface area contributed by atoms with Crippen LogP contribution in [-0.4, -0.2) is 46.8 Å². The van der Waals surface area contributed by atoms with Gasteiger partial charge >= 0.3 is 6.09 Å². The van der Waals surface area contributed by atoms with Crippen LogP contribution in [0.4, 0.5) is 16.2 Å². The number of carbonyl (C=O) groups excluding carboxylic acids is 1. The van der Waals surface area contributed by atoms with Crippen LogP contribution in [0.3, 0.4) is 0 Å². The van der Waals surface area contributed by atoms with Crippen molar-refractivity contribution in [3.05, 3.63) is 77.5 Å². The Labute approximate surface area is 223 Å². The molecule has 0 atom stereocenters. The molecule has 2 N–H and O–H groups in total. The Bertz CT molecular complexity index is 1420. The zero-order valence-electron chi connectivity index (χ0n) is 22.3. The molecule has 3 aromatic rings. The second kappa shape index (κ2) is 13.0. The smallest absolute Gasteiger partial charge is 0.411 e. The minimum atomic E-state index is -0.558. The first-order valence-electron chi connectivity index (χ1n) is 12.1. The van der Waals surface area contributed by atoms with E-state index in [2.05, 4.69) is 46.5 Å². The van der Waals surface area contributed by atoms with E-state index in [0.717, 1.165) is 5.56 Å².